The molecule has 0 unspecified atom stereocenters. The zero-order chi connectivity index (χ0) is 29.3. The molecule has 0 aliphatic rings. The third-order valence-corrected chi connectivity index (χ3v) is 9.06. The fourth-order valence-corrected chi connectivity index (χ4v) is 6.59. The summed E-state index contributed by atoms with van der Waals surface area (Å²) in [4.78, 5) is 28.9. The van der Waals surface area contributed by atoms with E-state index in [1.165, 1.54) is 35.5 Å². The van der Waals surface area contributed by atoms with Gasteiger partial charge in [-0.05, 0) is 73.9 Å². The maximum Gasteiger partial charge on any atom is 0.243 e. The van der Waals surface area contributed by atoms with Gasteiger partial charge in [0.1, 0.15) is 0 Å². The Morgan fingerprint density at radius 1 is 0.950 bits per heavy atom. The van der Waals surface area contributed by atoms with E-state index in [-0.39, 0.29) is 29.8 Å². The SMILES string of the molecule is CCCN(CC(=O)N(CCc1ccc(OC)c(OC)c1)Cc1ccc(C)s1)S(=O)(=O)c1ccc(NC(C)=O)cc1. The molecule has 0 aliphatic heterocycles. The number of rotatable bonds is 14. The molecule has 3 aromatic rings. The van der Waals surface area contributed by atoms with Crippen molar-refractivity contribution in [2.75, 3.05) is 39.2 Å². The molecule has 216 valence electrons. The molecule has 2 amide bonds. The highest BCUT2D eigenvalue weighted by atomic mass is 32.2. The van der Waals surface area contributed by atoms with Gasteiger partial charge < -0.3 is 19.7 Å². The number of nitrogens with one attached hydrogen (secondary N) is 1. The van der Waals surface area contributed by atoms with E-state index in [1.54, 1.807) is 30.5 Å². The maximum absolute atomic E-state index is 13.7. The predicted molar refractivity (Wildman–Crippen MR) is 158 cm³/mol. The molecular formula is C29H37N3O6S2. The Hall–Kier alpha value is -3.41. The van der Waals surface area contributed by atoms with Crippen molar-refractivity contribution in [3.05, 3.63) is 69.9 Å². The molecule has 0 fully saturated rings. The molecule has 0 atom stereocenters. The number of carbonyl (C=O) groups excluding carboxylic acids is 2. The zero-order valence-corrected chi connectivity index (χ0v) is 25.2. The Bertz CT molecular complexity index is 1400. The molecule has 2 aromatic carbocycles. The van der Waals surface area contributed by atoms with Gasteiger partial charge in [0.2, 0.25) is 21.8 Å². The Labute approximate surface area is 240 Å². The fourth-order valence-electron chi connectivity index (χ4n) is 4.20. The fraction of sp³-hybridized carbons (Fsp3) is 0.379. The monoisotopic (exact) mass is 587 g/mol. The summed E-state index contributed by atoms with van der Waals surface area (Å²) in [5, 5.41) is 2.63. The van der Waals surface area contributed by atoms with E-state index in [0.717, 1.165) is 15.3 Å². The van der Waals surface area contributed by atoms with Crippen LogP contribution in [0.3, 0.4) is 0 Å². The van der Waals surface area contributed by atoms with E-state index in [4.69, 9.17) is 9.47 Å². The lowest BCUT2D eigenvalue weighted by Gasteiger charge is -2.27. The second-order valence-corrected chi connectivity index (χ2v) is 12.6. The number of anilines is 1. The summed E-state index contributed by atoms with van der Waals surface area (Å²) in [5.41, 5.74) is 1.47. The smallest absolute Gasteiger partial charge is 0.243 e. The number of nitrogens with zero attached hydrogens (tertiary/aromatic N) is 2. The first-order chi connectivity index (χ1) is 19.1. The van der Waals surface area contributed by atoms with Crippen LogP contribution in [-0.4, -0.2) is 63.3 Å². The number of benzene rings is 2. The van der Waals surface area contributed by atoms with Crippen LogP contribution in [0.5, 0.6) is 11.5 Å². The van der Waals surface area contributed by atoms with Crippen LogP contribution in [0.1, 0.15) is 35.6 Å². The summed E-state index contributed by atoms with van der Waals surface area (Å²) in [6.07, 6.45) is 1.10. The number of aryl methyl sites for hydroxylation is 1. The van der Waals surface area contributed by atoms with Crippen molar-refractivity contribution in [3.63, 3.8) is 0 Å². The number of methoxy groups -OCH3 is 2. The van der Waals surface area contributed by atoms with E-state index in [1.807, 2.05) is 44.2 Å². The first-order valence-corrected chi connectivity index (χ1v) is 15.2. The van der Waals surface area contributed by atoms with Gasteiger partial charge in [0.15, 0.2) is 11.5 Å². The first-order valence-electron chi connectivity index (χ1n) is 13.0. The molecule has 11 heteroatoms. The molecule has 3 rings (SSSR count). The molecule has 0 aliphatic carbocycles. The normalized spacial score (nSPS) is 11.3. The molecule has 1 N–H and O–H groups in total. The van der Waals surface area contributed by atoms with Crippen molar-refractivity contribution in [2.45, 2.75) is 45.1 Å². The Balaban J connectivity index is 1.82. The largest absolute Gasteiger partial charge is 0.493 e. The van der Waals surface area contributed by atoms with Crippen LogP contribution in [0.15, 0.2) is 59.5 Å². The number of ether oxygens (including phenoxy) is 2. The summed E-state index contributed by atoms with van der Waals surface area (Å²) < 4.78 is 39.0. The maximum atomic E-state index is 13.7. The van der Waals surface area contributed by atoms with Crippen molar-refractivity contribution in [1.82, 2.24) is 9.21 Å². The summed E-state index contributed by atoms with van der Waals surface area (Å²) in [5.74, 6) is 0.705. The quantitative estimate of drug-likeness (QED) is 0.293. The van der Waals surface area contributed by atoms with Crippen LogP contribution in [0.4, 0.5) is 5.69 Å². The van der Waals surface area contributed by atoms with Crippen LogP contribution in [0.2, 0.25) is 0 Å². The lowest BCUT2D eigenvalue weighted by molar-refractivity contribution is -0.132. The Morgan fingerprint density at radius 2 is 1.65 bits per heavy atom. The van der Waals surface area contributed by atoms with Gasteiger partial charge in [-0.15, -0.1) is 11.3 Å². The number of hydrogen-bond acceptors (Lipinski definition) is 7. The van der Waals surface area contributed by atoms with E-state index in [0.29, 0.717) is 43.1 Å². The van der Waals surface area contributed by atoms with Crippen molar-refractivity contribution in [2.24, 2.45) is 0 Å². The van der Waals surface area contributed by atoms with E-state index >= 15 is 0 Å². The molecule has 0 spiro atoms. The lowest BCUT2D eigenvalue weighted by Crippen LogP contribution is -2.43. The predicted octanol–water partition coefficient (Wildman–Crippen LogP) is 4.70. The number of amides is 2. The zero-order valence-electron chi connectivity index (χ0n) is 23.6. The number of carbonyl (C=O) groups is 2. The molecule has 40 heavy (non-hydrogen) atoms. The Kier molecular flexibility index (Phi) is 11.1. The third kappa shape index (κ3) is 8.30. The molecule has 1 aromatic heterocycles. The van der Waals surface area contributed by atoms with Crippen molar-refractivity contribution in [3.8, 4) is 11.5 Å². The highest BCUT2D eigenvalue weighted by Crippen LogP contribution is 2.28. The summed E-state index contributed by atoms with van der Waals surface area (Å²) in [6.45, 7) is 5.97. The number of thiophene rings is 1. The van der Waals surface area contributed by atoms with Crippen LogP contribution in [0, 0.1) is 6.92 Å². The molecule has 9 nitrogen and oxygen atoms in total. The van der Waals surface area contributed by atoms with Crippen LogP contribution in [0.25, 0.3) is 0 Å². The van der Waals surface area contributed by atoms with Gasteiger partial charge in [0, 0.05) is 35.5 Å². The van der Waals surface area contributed by atoms with Gasteiger partial charge in [0.05, 0.1) is 32.2 Å². The minimum Gasteiger partial charge on any atom is -0.493 e. The summed E-state index contributed by atoms with van der Waals surface area (Å²) in [7, 11) is -0.790. The van der Waals surface area contributed by atoms with Gasteiger partial charge in [0.25, 0.3) is 0 Å². The minimum absolute atomic E-state index is 0.0635. The Morgan fingerprint density at radius 3 is 2.23 bits per heavy atom. The van der Waals surface area contributed by atoms with Gasteiger partial charge in [-0.3, -0.25) is 9.59 Å². The van der Waals surface area contributed by atoms with Crippen LogP contribution >= 0.6 is 11.3 Å². The third-order valence-electron chi connectivity index (χ3n) is 6.21. The highest BCUT2D eigenvalue weighted by molar-refractivity contribution is 7.89. The second-order valence-electron chi connectivity index (χ2n) is 9.31. The van der Waals surface area contributed by atoms with Crippen molar-refractivity contribution < 1.29 is 27.5 Å². The van der Waals surface area contributed by atoms with Crippen molar-refractivity contribution >= 4 is 38.9 Å². The molecule has 0 saturated carbocycles. The van der Waals surface area contributed by atoms with E-state index in [2.05, 4.69) is 5.32 Å². The summed E-state index contributed by atoms with van der Waals surface area (Å²) >= 11 is 1.61. The highest BCUT2D eigenvalue weighted by Gasteiger charge is 2.28. The lowest BCUT2D eigenvalue weighted by atomic mass is 10.1. The minimum atomic E-state index is -3.94. The van der Waals surface area contributed by atoms with Gasteiger partial charge in [-0.1, -0.05) is 13.0 Å². The average Bonchev–Trinajstić information content (AvgIpc) is 3.34. The number of sulfonamides is 1. The van der Waals surface area contributed by atoms with Crippen LogP contribution in [-0.2, 0) is 32.6 Å². The first kappa shape index (κ1) is 31.1. The topological polar surface area (TPSA) is 105 Å². The number of hydrogen-bond donors (Lipinski definition) is 1. The molecular weight excluding hydrogens is 550 g/mol. The van der Waals surface area contributed by atoms with Gasteiger partial charge in [-0.2, -0.15) is 4.31 Å². The van der Waals surface area contributed by atoms with Gasteiger partial charge >= 0.3 is 0 Å². The standard InChI is InChI=1S/C29H37N3O6S2/c1-6-16-32(40(35,36)26-12-9-24(10-13-26)30-22(3)33)20-29(34)31(19-25-11-7-21(2)39-25)17-15-23-8-14-27(37-4)28(18-23)38-5/h7-14,18H,6,15-17,19-20H2,1-5H3,(H,30,33). The summed E-state index contributed by atoms with van der Waals surface area (Å²) in [6, 6.07) is 15.6. The molecule has 0 bridgehead atoms. The van der Waals surface area contributed by atoms with E-state index in [9.17, 15) is 18.0 Å². The second kappa shape index (κ2) is 14.3. The van der Waals surface area contributed by atoms with E-state index < -0.39 is 10.0 Å². The molecule has 0 radical (unpaired) electrons. The molecule has 0 saturated heterocycles. The average molecular weight is 588 g/mol. The molecule has 1 heterocycles. The van der Waals surface area contributed by atoms with Crippen molar-refractivity contribution in [1.29, 1.82) is 0 Å². The van der Waals surface area contributed by atoms with Crippen LogP contribution < -0.4 is 14.8 Å². The van der Waals surface area contributed by atoms with Gasteiger partial charge in [-0.25, -0.2) is 8.42 Å².